The molecule has 0 saturated heterocycles. The second-order valence-corrected chi connectivity index (χ2v) is 6.18. The van der Waals surface area contributed by atoms with Crippen LogP contribution in [0.2, 0.25) is 0 Å². The number of amides is 1. The summed E-state index contributed by atoms with van der Waals surface area (Å²) in [6, 6.07) is 19.6. The zero-order chi connectivity index (χ0) is 15.6. The zero-order valence-corrected chi connectivity index (χ0v) is 13.1. The number of fused-ring (bicyclic) bond motifs is 1. The molecular weight excluding hydrogens is 304 g/mol. The molecule has 2 heterocycles. The van der Waals surface area contributed by atoms with Crippen molar-refractivity contribution in [3.8, 4) is 10.4 Å². The second-order valence-electron chi connectivity index (χ2n) is 5.27. The number of rotatable bonds is 3. The van der Waals surface area contributed by atoms with E-state index in [4.69, 9.17) is 0 Å². The number of H-pyrrole nitrogens is 1. The maximum Gasteiger partial charge on any atom is 0.256 e. The first-order chi connectivity index (χ1) is 11.3. The average molecular weight is 318 g/mol. The van der Waals surface area contributed by atoms with Gasteiger partial charge in [0.1, 0.15) is 0 Å². The van der Waals surface area contributed by atoms with Crippen molar-refractivity contribution in [1.29, 1.82) is 0 Å². The summed E-state index contributed by atoms with van der Waals surface area (Å²) in [5.74, 6) is -0.0847. The summed E-state index contributed by atoms with van der Waals surface area (Å²) < 4.78 is 0. The third-order valence-electron chi connectivity index (χ3n) is 3.75. The number of hydrogen-bond acceptors (Lipinski definition) is 2. The van der Waals surface area contributed by atoms with Gasteiger partial charge in [-0.05, 0) is 24.3 Å². The summed E-state index contributed by atoms with van der Waals surface area (Å²) in [5.41, 5.74) is 3.71. The van der Waals surface area contributed by atoms with Crippen molar-refractivity contribution in [2.24, 2.45) is 0 Å². The van der Waals surface area contributed by atoms with Gasteiger partial charge in [0.2, 0.25) is 0 Å². The van der Waals surface area contributed by atoms with Crippen LogP contribution in [0, 0.1) is 0 Å². The highest BCUT2D eigenvalue weighted by Gasteiger charge is 2.12. The number of carbonyl (C=O) groups is 1. The number of carbonyl (C=O) groups excluding carboxylic acids is 1. The third-order valence-corrected chi connectivity index (χ3v) is 4.71. The molecule has 0 aliphatic rings. The topological polar surface area (TPSA) is 44.9 Å². The molecule has 0 atom stereocenters. The quantitative estimate of drug-likeness (QED) is 0.539. The maximum atomic E-state index is 12.3. The molecule has 0 aliphatic heterocycles. The molecule has 4 heteroatoms. The first-order valence-electron chi connectivity index (χ1n) is 7.33. The van der Waals surface area contributed by atoms with E-state index in [-0.39, 0.29) is 5.91 Å². The van der Waals surface area contributed by atoms with Gasteiger partial charge in [-0.25, -0.2) is 0 Å². The van der Waals surface area contributed by atoms with E-state index in [9.17, 15) is 4.79 Å². The molecule has 0 unspecified atom stereocenters. The Hall–Kier alpha value is -2.85. The standard InChI is InChI=1S/C19H14N2OS/c22-19(21-14-6-2-1-3-7-14)13-10-18(23-12-13)16-11-20-17-9-5-4-8-15(16)17/h1-12,20H,(H,21,22). The first kappa shape index (κ1) is 13.8. The van der Waals surface area contributed by atoms with Crippen LogP contribution in [-0.4, -0.2) is 10.9 Å². The van der Waals surface area contributed by atoms with Gasteiger partial charge < -0.3 is 10.3 Å². The van der Waals surface area contributed by atoms with E-state index in [0.29, 0.717) is 5.56 Å². The van der Waals surface area contributed by atoms with Gasteiger partial charge in [-0.15, -0.1) is 11.3 Å². The van der Waals surface area contributed by atoms with E-state index in [1.807, 2.05) is 60.1 Å². The van der Waals surface area contributed by atoms with E-state index in [0.717, 1.165) is 21.6 Å². The lowest BCUT2D eigenvalue weighted by Gasteiger charge is -2.02. The zero-order valence-electron chi connectivity index (χ0n) is 12.2. The molecule has 2 aromatic carbocycles. The molecule has 2 N–H and O–H groups in total. The van der Waals surface area contributed by atoms with Crippen LogP contribution in [0.15, 0.2) is 72.2 Å². The Kier molecular flexibility index (Phi) is 3.44. The molecule has 0 spiro atoms. The molecule has 0 fully saturated rings. The van der Waals surface area contributed by atoms with Crippen LogP contribution in [0.4, 0.5) is 5.69 Å². The predicted molar refractivity (Wildman–Crippen MR) is 96.0 cm³/mol. The molecule has 0 aliphatic carbocycles. The van der Waals surface area contributed by atoms with E-state index < -0.39 is 0 Å². The maximum absolute atomic E-state index is 12.3. The highest BCUT2D eigenvalue weighted by molar-refractivity contribution is 7.14. The summed E-state index contributed by atoms with van der Waals surface area (Å²) in [6.45, 7) is 0. The van der Waals surface area contributed by atoms with Crippen LogP contribution >= 0.6 is 11.3 Å². The molecule has 23 heavy (non-hydrogen) atoms. The molecule has 112 valence electrons. The number of para-hydroxylation sites is 2. The van der Waals surface area contributed by atoms with Crippen molar-refractivity contribution in [3.63, 3.8) is 0 Å². The number of benzene rings is 2. The van der Waals surface area contributed by atoms with Crippen LogP contribution in [0.5, 0.6) is 0 Å². The lowest BCUT2D eigenvalue weighted by molar-refractivity contribution is 0.102. The molecule has 3 nitrogen and oxygen atoms in total. The minimum Gasteiger partial charge on any atom is -0.361 e. The summed E-state index contributed by atoms with van der Waals surface area (Å²) in [5, 5.41) is 5.98. The molecule has 0 saturated carbocycles. The van der Waals surface area contributed by atoms with Gasteiger partial charge in [0.05, 0.1) is 5.56 Å². The lowest BCUT2D eigenvalue weighted by Crippen LogP contribution is -2.10. The van der Waals surface area contributed by atoms with Crippen molar-refractivity contribution in [2.45, 2.75) is 0 Å². The number of nitrogens with one attached hydrogen (secondary N) is 2. The van der Waals surface area contributed by atoms with Crippen LogP contribution in [0.3, 0.4) is 0 Å². The van der Waals surface area contributed by atoms with Gasteiger partial charge in [-0.1, -0.05) is 36.4 Å². The van der Waals surface area contributed by atoms with Crippen LogP contribution in [0.25, 0.3) is 21.3 Å². The average Bonchev–Trinajstić information content (AvgIpc) is 3.22. The molecule has 4 rings (SSSR count). The van der Waals surface area contributed by atoms with E-state index in [1.54, 1.807) is 11.3 Å². The summed E-state index contributed by atoms with van der Waals surface area (Å²) >= 11 is 1.58. The molecular formula is C19H14N2OS. The molecule has 0 bridgehead atoms. The Morgan fingerprint density at radius 1 is 1.00 bits per heavy atom. The monoisotopic (exact) mass is 318 g/mol. The highest BCUT2D eigenvalue weighted by Crippen LogP contribution is 2.33. The Balaban J connectivity index is 1.63. The predicted octanol–water partition coefficient (Wildman–Crippen LogP) is 5.15. The number of aromatic nitrogens is 1. The van der Waals surface area contributed by atoms with Crippen LogP contribution in [0.1, 0.15) is 10.4 Å². The summed E-state index contributed by atoms with van der Waals surface area (Å²) in [4.78, 5) is 16.7. The van der Waals surface area contributed by atoms with Gasteiger partial charge in [-0.3, -0.25) is 4.79 Å². The van der Waals surface area contributed by atoms with Gasteiger partial charge in [0.15, 0.2) is 0 Å². The lowest BCUT2D eigenvalue weighted by atomic mass is 10.1. The number of anilines is 1. The van der Waals surface area contributed by atoms with Crippen molar-refractivity contribution in [3.05, 3.63) is 77.8 Å². The summed E-state index contributed by atoms with van der Waals surface area (Å²) in [7, 11) is 0. The summed E-state index contributed by atoms with van der Waals surface area (Å²) in [6.07, 6.45) is 2.00. The Bertz CT molecular complexity index is 969. The van der Waals surface area contributed by atoms with Crippen LogP contribution in [-0.2, 0) is 0 Å². The second kappa shape index (κ2) is 5.74. The molecule has 1 amide bonds. The third kappa shape index (κ3) is 2.64. The van der Waals surface area contributed by atoms with E-state index in [2.05, 4.69) is 22.4 Å². The first-order valence-corrected chi connectivity index (χ1v) is 8.21. The number of hydrogen-bond donors (Lipinski definition) is 2. The fourth-order valence-electron chi connectivity index (χ4n) is 2.60. The van der Waals surface area contributed by atoms with Gasteiger partial charge >= 0.3 is 0 Å². The highest BCUT2D eigenvalue weighted by atomic mass is 32.1. The largest absolute Gasteiger partial charge is 0.361 e. The fraction of sp³-hybridized carbons (Fsp3) is 0. The van der Waals surface area contributed by atoms with E-state index in [1.165, 1.54) is 5.39 Å². The van der Waals surface area contributed by atoms with Crippen LogP contribution < -0.4 is 5.32 Å². The Labute approximate surface area is 137 Å². The van der Waals surface area contributed by atoms with Gasteiger partial charge in [-0.2, -0.15) is 0 Å². The molecule has 4 aromatic rings. The minimum atomic E-state index is -0.0847. The molecule has 0 radical (unpaired) electrons. The SMILES string of the molecule is O=C(Nc1ccccc1)c1csc(-c2c[nH]c3ccccc23)c1. The molecule has 2 aromatic heterocycles. The smallest absolute Gasteiger partial charge is 0.256 e. The van der Waals surface area contributed by atoms with Crippen molar-refractivity contribution >= 4 is 33.8 Å². The van der Waals surface area contributed by atoms with Crippen molar-refractivity contribution in [2.75, 3.05) is 5.32 Å². The minimum absolute atomic E-state index is 0.0847. The van der Waals surface area contributed by atoms with Crippen molar-refractivity contribution in [1.82, 2.24) is 4.98 Å². The van der Waals surface area contributed by atoms with Gasteiger partial charge in [0, 0.05) is 38.6 Å². The van der Waals surface area contributed by atoms with E-state index >= 15 is 0 Å². The Morgan fingerprint density at radius 2 is 1.78 bits per heavy atom. The number of aromatic amines is 1. The van der Waals surface area contributed by atoms with Crippen molar-refractivity contribution < 1.29 is 4.79 Å². The Morgan fingerprint density at radius 3 is 2.65 bits per heavy atom. The number of thiophene rings is 1. The fourth-order valence-corrected chi connectivity index (χ4v) is 3.52. The normalized spacial score (nSPS) is 10.8. The van der Waals surface area contributed by atoms with Gasteiger partial charge in [0.25, 0.3) is 5.91 Å².